The lowest BCUT2D eigenvalue weighted by Gasteiger charge is -2.30. The number of aromatic nitrogens is 1. The van der Waals surface area contributed by atoms with E-state index in [0.717, 1.165) is 0 Å². The third-order valence-corrected chi connectivity index (χ3v) is 5.91. The quantitative estimate of drug-likeness (QED) is 0.834. The lowest BCUT2D eigenvalue weighted by atomic mass is 9.97. The zero-order chi connectivity index (χ0) is 17.0. The van der Waals surface area contributed by atoms with E-state index >= 15 is 0 Å². The topological polar surface area (TPSA) is 71.7 Å². The normalized spacial score (nSPS) is 18.5. The number of carbonyl (C=O) groups is 1. The Morgan fingerprint density at radius 1 is 1.30 bits per heavy atom. The third kappa shape index (κ3) is 4.29. The molecule has 0 unspecified atom stereocenters. The Kier molecular flexibility index (Phi) is 5.75. The average molecular weight is 339 g/mol. The van der Waals surface area contributed by atoms with E-state index in [0.29, 0.717) is 31.4 Å². The van der Waals surface area contributed by atoms with E-state index < -0.39 is 10.0 Å². The fourth-order valence-corrected chi connectivity index (χ4v) is 3.88. The zero-order valence-electron chi connectivity index (χ0n) is 14.0. The summed E-state index contributed by atoms with van der Waals surface area (Å²) in [7, 11) is -3.16. The molecule has 0 radical (unpaired) electrons. The summed E-state index contributed by atoms with van der Waals surface area (Å²) in [6.45, 7) is 6.41. The summed E-state index contributed by atoms with van der Waals surface area (Å²) in [5, 5.41) is 0. The highest BCUT2D eigenvalue weighted by atomic mass is 32.2. The molecule has 128 valence electrons. The van der Waals surface area contributed by atoms with Crippen molar-refractivity contribution >= 4 is 15.9 Å². The smallest absolute Gasteiger partial charge is 0.235 e. The van der Waals surface area contributed by atoms with Gasteiger partial charge in [0.2, 0.25) is 15.9 Å². The number of carbonyl (C=O) groups excluding carboxylic acids is 1. The molecule has 2 heterocycles. The van der Waals surface area contributed by atoms with E-state index in [1.807, 2.05) is 32.0 Å². The molecule has 23 heavy (non-hydrogen) atoms. The van der Waals surface area contributed by atoms with Crippen LogP contribution in [0.3, 0.4) is 0 Å². The average Bonchev–Trinajstić information content (AvgIpc) is 2.54. The lowest BCUT2D eigenvalue weighted by molar-refractivity contribution is 0.0781. The summed E-state index contributed by atoms with van der Waals surface area (Å²) >= 11 is 0. The molecule has 0 aliphatic carbocycles. The Morgan fingerprint density at radius 2 is 1.96 bits per heavy atom. The van der Waals surface area contributed by atoms with Gasteiger partial charge < -0.3 is 0 Å². The van der Waals surface area contributed by atoms with Gasteiger partial charge in [0.15, 0.2) is 0 Å². The van der Waals surface area contributed by atoms with Crippen molar-refractivity contribution in [1.29, 1.82) is 0 Å². The van der Waals surface area contributed by atoms with Gasteiger partial charge in [-0.2, -0.15) is 0 Å². The Morgan fingerprint density at radius 3 is 2.52 bits per heavy atom. The van der Waals surface area contributed by atoms with Crippen molar-refractivity contribution in [2.75, 3.05) is 18.8 Å². The van der Waals surface area contributed by atoms with Gasteiger partial charge in [0, 0.05) is 31.2 Å². The van der Waals surface area contributed by atoms with Crippen LogP contribution < -0.4 is 5.49 Å². The van der Waals surface area contributed by atoms with Gasteiger partial charge in [-0.25, -0.2) is 12.7 Å². The number of piperidine rings is 1. The first kappa shape index (κ1) is 17.9. The van der Waals surface area contributed by atoms with Gasteiger partial charge in [0.25, 0.3) is 0 Å². The van der Waals surface area contributed by atoms with Gasteiger partial charge >= 0.3 is 0 Å². The van der Waals surface area contributed by atoms with Gasteiger partial charge in [-0.3, -0.25) is 14.4 Å². The summed E-state index contributed by atoms with van der Waals surface area (Å²) < 4.78 is 26.9. The molecule has 0 spiro atoms. The number of hydrogen-bond acceptors (Lipinski definition) is 4. The van der Waals surface area contributed by atoms with Gasteiger partial charge in [0.05, 0.1) is 5.75 Å². The molecular weight excluding hydrogens is 314 g/mol. The van der Waals surface area contributed by atoms with Crippen LogP contribution in [0, 0.1) is 5.92 Å². The van der Waals surface area contributed by atoms with Crippen LogP contribution in [0.1, 0.15) is 38.4 Å². The molecule has 1 aliphatic heterocycles. The first-order valence-corrected chi connectivity index (χ1v) is 9.69. The minimum Gasteiger partial charge on any atom is -0.274 e. The molecule has 1 aliphatic rings. The number of pyridine rings is 1. The van der Waals surface area contributed by atoms with Crippen molar-refractivity contribution in [3.05, 3.63) is 29.9 Å². The Bertz CT molecular complexity index is 714. The van der Waals surface area contributed by atoms with Crippen molar-refractivity contribution in [2.45, 2.75) is 39.7 Å². The highest BCUT2D eigenvalue weighted by molar-refractivity contribution is 7.89. The second kappa shape index (κ2) is 7.40. The van der Waals surface area contributed by atoms with E-state index in [1.165, 1.54) is 4.31 Å². The van der Waals surface area contributed by atoms with E-state index in [2.05, 4.69) is 4.99 Å². The summed E-state index contributed by atoms with van der Waals surface area (Å²) in [5.74, 6) is -0.0541. The standard InChI is InChI=1S/C16H25N3O3S/c1-4-23(21,22)18-11-8-14(9-12-18)16(20)19-10-6-5-7-15(19)17-13(2)3/h5-7,10,13-14H,4,8-9,11-12H2,1-3H3. The predicted molar refractivity (Wildman–Crippen MR) is 89.5 cm³/mol. The van der Waals surface area contributed by atoms with Crippen molar-refractivity contribution < 1.29 is 13.2 Å². The van der Waals surface area contributed by atoms with Gasteiger partial charge in [0.1, 0.15) is 5.49 Å². The van der Waals surface area contributed by atoms with Crippen LogP contribution in [0.25, 0.3) is 0 Å². The van der Waals surface area contributed by atoms with Crippen LogP contribution >= 0.6 is 0 Å². The highest BCUT2D eigenvalue weighted by Gasteiger charge is 2.30. The van der Waals surface area contributed by atoms with Crippen molar-refractivity contribution in [3.8, 4) is 0 Å². The van der Waals surface area contributed by atoms with Crippen LogP contribution in [0.5, 0.6) is 0 Å². The largest absolute Gasteiger partial charge is 0.274 e. The first-order chi connectivity index (χ1) is 10.8. The minimum absolute atomic E-state index is 0.00135. The van der Waals surface area contributed by atoms with E-state index in [-0.39, 0.29) is 23.6 Å². The van der Waals surface area contributed by atoms with Crippen molar-refractivity contribution in [2.24, 2.45) is 10.9 Å². The first-order valence-electron chi connectivity index (χ1n) is 8.08. The Labute approximate surface area is 137 Å². The van der Waals surface area contributed by atoms with Crippen LogP contribution in [0.2, 0.25) is 0 Å². The third-order valence-electron chi connectivity index (χ3n) is 4.03. The van der Waals surface area contributed by atoms with Crippen LogP contribution in [0.4, 0.5) is 0 Å². The van der Waals surface area contributed by atoms with E-state index in [1.54, 1.807) is 17.7 Å². The zero-order valence-corrected chi connectivity index (χ0v) is 14.8. The SMILES string of the molecule is CCS(=O)(=O)N1CCC(C(=O)n2ccccc2=NC(C)C)CC1. The van der Waals surface area contributed by atoms with Crippen LogP contribution in [0.15, 0.2) is 29.4 Å². The molecule has 0 bridgehead atoms. The molecule has 1 fully saturated rings. The lowest BCUT2D eigenvalue weighted by Crippen LogP contribution is -2.43. The predicted octanol–water partition coefficient (Wildman–Crippen LogP) is 1.50. The number of nitrogens with zero attached hydrogens (tertiary/aromatic N) is 3. The summed E-state index contributed by atoms with van der Waals surface area (Å²) in [5.41, 5.74) is 0.649. The van der Waals surface area contributed by atoms with Gasteiger partial charge in [-0.1, -0.05) is 6.07 Å². The molecule has 7 heteroatoms. The molecule has 0 aromatic carbocycles. The Balaban J connectivity index is 2.15. The Hall–Kier alpha value is -1.47. The highest BCUT2D eigenvalue weighted by Crippen LogP contribution is 2.21. The molecule has 0 atom stereocenters. The number of rotatable bonds is 4. The molecule has 0 N–H and O–H groups in total. The number of sulfonamides is 1. The van der Waals surface area contributed by atoms with Crippen molar-refractivity contribution in [1.82, 2.24) is 8.87 Å². The van der Waals surface area contributed by atoms with Gasteiger partial charge in [-0.15, -0.1) is 0 Å². The van der Waals surface area contributed by atoms with Crippen LogP contribution in [-0.4, -0.2) is 48.1 Å². The monoisotopic (exact) mass is 339 g/mol. The maximum atomic E-state index is 12.8. The maximum absolute atomic E-state index is 12.8. The van der Waals surface area contributed by atoms with E-state index in [4.69, 9.17) is 0 Å². The molecule has 0 saturated carbocycles. The van der Waals surface area contributed by atoms with Gasteiger partial charge in [-0.05, 0) is 45.7 Å². The number of hydrogen-bond donors (Lipinski definition) is 0. The second-order valence-electron chi connectivity index (χ2n) is 6.06. The molecule has 1 saturated heterocycles. The second-order valence-corrected chi connectivity index (χ2v) is 8.32. The maximum Gasteiger partial charge on any atom is 0.235 e. The molecule has 1 aromatic heterocycles. The molecule has 1 aromatic rings. The van der Waals surface area contributed by atoms with E-state index in [9.17, 15) is 13.2 Å². The fourth-order valence-electron chi connectivity index (χ4n) is 2.75. The summed E-state index contributed by atoms with van der Waals surface area (Å²) in [4.78, 5) is 17.2. The molecule has 2 rings (SSSR count). The summed E-state index contributed by atoms with van der Waals surface area (Å²) in [6.07, 6.45) is 2.85. The van der Waals surface area contributed by atoms with Crippen LogP contribution in [-0.2, 0) is 10.0 Å². The van der Waals surface area contributed by atoms with Crippen molar-refractivity contribution in [3.63, 3.8) is 0 Å². The molecule has 0 amide bonds. The minimum atomic E-state index is -3.16. The molecule has 6 nitrogen and oxygen atoms in total. The molecular formula is C16H25N3O3S. The fraction of sp³-hybridized carbons (Fsp3) is 0.625. The summed E-state index contributed by atoms with van der Waals surface area (Å²) in [6, 6.07) is 5.61.